The summed E-state index contributed by atoms with van der Waals surface area (Å²) in [7, 11) is 0. The molecule has 1 aromatic carbocycles. The van der Waals surface area contributed by atoms with E-state index in [1.54, 1.807) is 6.07 Å². The molecule has 1 aliphatic rings. The molecule has 0 spiro atoms. The number of aromatic nitrogens is 5. The molecule has 2 aromatic heterocycles. The van der Waals surface area contributed by atoms with Crippen molar-refractivity contribution in [1.29, 1.82) is 0 Å². The minimum Gasteiger partial charge on any atom is -0.274 e. The van der Waals surface area contributed by atoms with Gasteiger partial charge in [0.1, 0.15) is 21.8 Å². The zero-order chi connectivity index (χ0) is 16.7. The first-order valence-corrected chi connectivity index (χ1v) is 9.01. The van der Waals surface area contributed by atoms with Gasteiger partial charge in [-0.05, 0) is 50.1 Å². The Morgan fingerprint density at radius 1 is 1.12 bits per heavy atom. The molecule has 1 saturated carbocycles. The van der Waals surface area contributed by atoms with Crippen molar-refractivity contribution in [1.82, 2.24) is 24.7 Å². The van der Waals surface area contributed by atoms with Gasteiger partial charge in [0.25, 0.3) is 0 Å². The highest BCUT2D eigenvalue weighted by molar-refractivity contribution is 7.99. The smallest absolute Gasteiger partial charge is 0.202 e. The van der Waals surface area contributed by atoms with Crippen LogP contribution in [-0.4, -0.2) is 24.7 Å². The lowest BCUT2D eigenvalue weighted by Crippen LogP contribution is -2.02. The second kappa shape index (κ2) is 6.18. The van der Waals surface area contributed by atoms with E-state index >= 15 is 0 Å². The molecule has 4 rings (SSSR count). The molecule has 0 radical (unpaired) electrons. The first-order valence-electron chi connectivity index (χ1n) is 7.82. The summed E-state index contributed by atoms with van der Waals surface area (Å²) < 4.78 is 2.05. The van der Waals surface area contributed by atoms with Gasteiger partial charge in [0.05, 0.1) is 5.69 Å². The van der Waals surface area contributed by atoms with Gasteiger partial charge in [-0.25, -0.2) is 9.97 Å². The number of benzene rings is 1. The molecule has 0 amide bonds. The van der Waals surface area contributed by atoms with Crippen LogP contribution in [0.3, 0.4) is 0 Å². The molecular weight excluding hydrogens is 342 g/mol. The van der Waals surface area contributed by atoms with Gasteiger partial charge >= 0.3 is 0 Å². The van der Waals surface area contributed by atoms with Crippen molar-refractivity contribution in [3.05, 3.63) is 52.7 Å². The molecule has 0 bridgehead atoms. The number of nitrogens with zero attached hydrogens (tertiary/aromatic N) is 5. The third-order valence-electron chi connectivity index (χ3n) is 3.98. The second-order valence-corrected chi connectivity index (χ2v) is 7.29. The first kappa shape index (κ1) is 15.6. The molecule has 0 unspecified atom stereocenters. The normalized spacial score (nSPS) is 14.1. The van der Waals surface area contributed by atoms with E-state index in [9.17, 15) is 0 Å². The van der Waals surface area contributed by atoms with Crippen molar-refractivity contribution in [2.24, 2.45) is 0 Å². The largest absolute Gasteiger partial charge is 0.274 e. The summed E-state index contributed by atoms with van der Waals surface area (Å²) in [6, 6.07) is 9.97. The third-order valence-corrected chi connectivity index (χ3v) is 5.04. The molecule has 0 atom stereocenters. The Kier molecular flexibility index (Phi) is 4.02. The first-order chi connectivity index (χ1) is 11.6. The van der Waals surface area contributed by atoms with Crippen molar-refractivity contribution >= 4 is 23.4 Å². The van der Waals surface area contributed by atoms with E-state index in [-0.39, 0.29) is 0 Å². The average molecular weight is 358 g/mol. The monoisotopic (exact) mass is 357 g/mol. The number of rotatable bonds is 4. The van der Waals surface area contributed by atoms with E-state index < -0.39 is 0 Å². The van der Waals surface area contributed by atoms with Crippen LogP contribution in [0.4, 0.5) is 0 Å². The molecule has 0 N–H and O–H groups in total. The van der Waals surface area contributed by atoms with Crippen molar-refractivity contribution < 1.29 is 0 Å². The Morgan fingerprint density at radius 2 is 1.92 bits per heavy atom. The fourth-order valence-electron chi connectivity index (χ4n) is 2.58. The summed E-state index contributed by atoms with van der Waals surface area (Å²) in [5.41, 5.74) is 2.24. The van der Waals surface area contributed by atoms with Crippen LogP contribution in [-0.2, 0) is 0 Å². The zero-order valence-electron chi connectivity index (χ0n) is 13.4. The highest BCUT2D eigenvalue weighted by Gasteiger charge is 2.27. The predicted octanol–water partition coefficient (Wildman–Crippen LogP) is 4.36. The Bertz CT molecular complexity index is 904. The van der Waals surface area contributed by atoms with Gasteiger partial charge in [0.2, 0.25) is 5.16 Å². The summed E-state index contributed by atoms with van der Waals surface area (Å²) in [5, 5.41) is 10.6. The molecule has 2 heterocycles. The van der Waals surface area contributed by atoms with Crippen LogP contribution in [0.15, 0.2) is 40.5 Å². The van der Waals surface area contributed by atoms with Crippen LogP contribution in [0.5, 0.6) is 0 Å². The molecule has 1 aliphatic carbocycles. The topological polar surface area (TPSA) is 56.5 Å². The fourth-order valence-corrected chi connectivity index (χ4v) is 3.74. The number of hydrogen-bond donors (Lipinski definition) is 0. The zero-order valence-corrected chi connectivity index (χ0v) is 15.0. The standard InChI is InChI=1S/C17H16ClN5S/c1-10-5-3-4-6-13(10)23-11(2)21-22-17(23)24-15-9-14(18)19-16(20-15)12-7-8-12/h3-6,9,12H,7-8H2,1-2H3. The molecule has 122 valence electrons. The average Bonchev–Trinajstić information content (AvgIpc) is 3.34. The fraction of sp³-hybridized carbons (Fsp3) is 0.294. The summed E-state index contributed by atoms with van der Waals surface area (Å²) in [6.07, 6.45) is 2.28. The van der Waals surface area contributed by atoms with Crippen LogP contribution in [0, 0.1) is 13.8 Å². The number of halogens is 1. The third kappa shape index (κ3) is 3.03. The second-order valence-electron chi connectivity index (χ2n) is 5.92. The van der Waals surface area contributed by atoms with Crippen molar-refractivity contribution in [3.8, 4) is 5.69 Å². The van der Waals surface area contributed by atoms with Gasteiger partial charge in [-0.1, -0.05) is 29.8 Å². The molecular formula is C17H16ClN5S. The van der Waals surface area contributed by atoms with Gasteiger partial charge in [0, 0.05) is 12.0 Å². The summed E-state index contributed by atoms with van der Waals surface area (Å²) >= 11 is 7.63. The van der Waals surface area contributed by atoms with Gasteiger partial charge < -0.3 is 0 Å². The lowest BCUT2D eigenvalue weighted by atomic mass is 10.2. The van der Waals surface area contributed by atoms with Crippen LogP contribution < -0.4 is 0 Å². The van der Waals surface area contributed by atoms with Crippen LogP contribution in [0.1, 0.15) is 36.0 Å². The highest BCUT2D eigenvalue weighted by atomic mass is 35.5. The number of para-hydroxylation sites is 1. The Morgan fingerprint density at radius 3 is 2.67 bits per heavy atom. The molecule has 5 nitrogen and oxygen atoms in total. The van der Waals surface area contributed by atoms with Crippen LogP contribution in [0.2, 0.25) is 5.15 Å². The van der Waals surface area contributed by atoms with Crippen LogP contribution >= 0.6 is 23.4 Å². The summed E-state index contributed by atoms with van der Waals surface area (Å²) in [6.45, 7) is 4.03. The quantitative estimate of drug-likeness (QED) is 0.649. The van der Waals surface area contributed by atoms with Crippen molar-refractivity contribution in [2.45, 2.75) is 42.8 Å². The van der Waals surface area contributed by atoms with Crippen molar-refractivity contribution in [3.63, 3.8) is 0 Å². The number of hydrogen-bond acceptors (Lipinski definition) is 5. The predicted molar refractivity (Wildman–Crippen MR) is 94.0 cm³/mol. The highest BCUT2D eigenvalue weighted by Crippen LogP contribution is 2.39. The van der Waals surface area contributed by atoms with E-state index in [4.69, 9.17) is 11.6 Å². The molecule has 3 aromatic rings. The lowest BCUT2D eigenvalue weighted by Gasteiger charge is -2.11. The van der Waals surface area contributed by atoms with Gasteiger partial charge in [-0.2, -0.15) is 0 Å². The van der Waals surface area contributed by atoms with E-state index in [0.717, 1.165) is 40.4 Å². The Hall–Kier alpha value is -1.92. The Labute approximate surface area is 149 Å². The maximum absolute atomic E-state index is 6.17. The van der Waals surface area contributed by atoms with E-state index in [2.05, 4.69) is 39.2 Å². The Balaban J connectivity index is 1.73. The van der Waals surface area contributed by atoms with Crippen molar-refractivity contribution in [2.75, 3.05) is 0 Å². The summed E-state index contributed by atoms with van der Waals surface area (Å²) in [5.74, 6) is 2.14. The lowest BCUT2D eigenvalue weighted by molar-refractivity contribution is 0.847. The van der Waals surface area contributed by atoms with E-state index in [1.165, 1.54) is 17.3 Å². The maximum Gasteiger partial charge on any atom is 0.202 e. The van der Waals surface area contributed by atoms with Gasteiger partial charge in [0.15, 0.2) is 0 Å². The molecule has 0 aliphatic heterocycles. The number of aryl methyl sites for hydroxylation is 2. The SMILES string of the molecule is Cc1ccccc1-n1c(C)nnc1Sc1cc(Cl)nc(C2CC2)n1. The van der Waals surface area contributed by atoms with Crippen LogP contribution in [0.25, 0.3) is 5.69 Å². The van der Waals surface area contributed by atoms with E-state index in [0.29, 0.717) is 11.1 Å². The van der Waals surface area contributed by atoms with Gasteiger partial charge in [-0.15, -0.1) is 10.2 Å². The molecule has 1 fully saturated rings. The summed E-state index contributed by atoms with van der Waals surface area (Å²) in [4.78, 5) is 8.98. The van der Waals surface area contributed by atoms with Gasteiger partial charge in [-0.3, -0.25) is 4.57 Å². The minimum absolute atomic E-state index is 0.457. The molecule has 24 heavy (non-hydrogen) atoms. The molecule has 0 saturated heterocycles. The van der Waals surface area contributed by atoms with E-state index in [1.807, 2.05) is 23.6 Å². The molecule has 7 heteroatoms. The minimum atomic E-state index is 0.457. The maximum atomic E-state index is 6.17.